The van der Waals surface area contributed by atoms with Crippen molar-refractivity contribution in [1.29, 1.82) is 0 Å². The van der Waals surface area contributed by atoms with Crippen molar-refractivity contribution in [2.75, 3.05) is 6.61 Å². The highest BCUT2D eigenvalue weighted by molar-refractivity contribution is 4.81. The van der Waals surface area contributed by atoms with Gasteiger partial charge in [0.25, 0.3) is 0 Å². The van der Waals surface area contributed by atoms with Gasteiger partial charge in [-0.1, -0.05) is 46.5 Å². The van der Waals surface area contributed by atoms with Crippen molar-refractivity contribution < 1.29 is 4.74 Å². The summed E-state index contributed by atoms with van der Waals surface area (Å²) in [5, 5.41) is 0. The van der Waals surface area contributed by atoms with E-state index in [0.29, 0.717) is 6.10 Å². The lowest BCUT2D eigenvalue weighted by Crippen LogP contribution is -2.27. The predicted octanol–water partition coefficient (Wildman–Crippen LogP) is 6.60. The van der Waals surface area contributed by atoms with Crippen molar-refractivity contribution in [2.45, 2.75) is 104 Å². The fourth-order valence-electron chi connectivity index (χ4n) is 4.81. The van der Waals surface area contributed by atoms with E-state index in [2.05, 4.69) is 20.8 Å². The molecule has 0 heterocycles. The normalized spacial score (nSPS) is 33.3. The Balaban J connectivity index is 1.64. The molecule has 0 aromatic carbocycles. The molecule has 2 rings (SSSR count). The molecule has 0 amide bonds. The zero-order valence-electron chi connectivity index (χ0n) is 15.5. The first-order valence-electron chi connectivity index (χ1n) is 10.3. The average molecular weight is 309 g/mol. The number of hydrogen-bond donors (Lipinski definition) is 0. The second-order valence-electron chi connectivity index (χ2n) is 8.33. The molecule has 0 bridgehead atoms. The van der Waals surface area contributed by atoms with Gasteiger partial charge in [-0.2, -0.15) is 0 Å². The maximum atomic E-state index is 6.26. The number of ether oxygens (including phenoxy) is 1. The Labute approximate surface area is 139 Å². The van der Waals surface area contributed by atoms with Crippen molar-refractivity contribution in [3.8, 4) is 0 Å². The van der Waals surface area contributed by atoms with Crippen molar-refractivity contribution in [3.63, 3.8) is 0 Å². The van der Waals surface area contributed by atoms with E-state index in [0.717, 1.165) is 30.3 Å². The Morgan fingerprint density at radius 3 is 1.77 bits per heavy atom. The maximum Gasteiger partial charge on any atom is 0.0575 e. The highest BCUT2D eigenvalue weighted by Crippen LogP contribution is 2.41. The van der Waals surface area contributed by atoms with Crippen LogP contribution in [-0.2, 0) is 4.74 Å². The highest BCUT2D eigenvalue weighted by atomic mass is 16.5. The first-order valence-corrected chi connectivity index (χ1v) is 10.3. The van der Waals surface area contributed by atoms with E-state index in [1.54, 1.807) is 0 Å². The third-order valence-electron chi connectivity index (χ3n) is 6.41. The Morgan fingerprint density at radius 2 is 1.27 bits per heavy atom. The lowest BCUT2D eigenvalue weighted by Gasteiger charge is -2.37. The zero-order valence-corrected chi connectivity index (χ0v) is 15.5. The van der Waals surface area contributed by atoms with Crippen molar-refractivity contribution in [3.05, 3.63) is 0 Å². The van der Waals surface area contributed by atoms with Gasteiger partial charge in [-0.3, -0.25) is 0 Å². The van der Waals surface area contributed by atoms with E-state index in [1.165, 1.54) is 77.0 Å². The third kappa shape index (κ3) is 5.87. The van der Waals surface area contributed by atoms with E-state index in [4.69, 9.17) is 4.74 Å². The van der Waals surface area contributed by atoms with Crippen LogP contribution in [0.5, 0.6) is 0 Å². The fourth-order valence-corrected chi connectivity index (χ4v) is 4.81. The van der Waals surface area contributed by atoms with Gasteiger partial charge in [-0.25, -0.2) is 0 Å². The first-order chi connectivity index (χ1) is 10.7. The summed E-state index contributed by atoms with van der Waals surface area (Å²) in [5.41, 5.74) is 0. The van der Waals surface area contributed by atoms with E-state index >= 15 is 0 Å². The van der Waals surface area contributed by atoms with Gasteiger partial charge >= 0.3 is 0 Å². The minimum atomic E-state index is 0.535. The largest absolute Gasteiger partial charge is 0.378 e. The van der Waals surface area contributed by atoms with Gasteiger partial charge in [0.05, 0.1) is 6.10 Å². The van der Waals surface area contributed by atoms with Crippen LogP contribution in [0.2, 0.25) is 0 Å². The Hall–Kier alpha value is -0.0400. The van der Waals surface area contributed by atoms with Crippen LogP contribution in [0.1, 0.15) is 97.8 Å². The molecule has 0 aliphatic heterocycles. The molecule has 0 aromatic heterocycles. The maximum absolute atomic E-state index is 6.26. The van der Waals surface area contributed by atoms with Crippen LogP contribution in [0.15, 0.2) is 0 Å². The minimum Gasteiger partial charge on any atom is -0.378 e. The molecule has 2 aliphatic rings. The molecule has 0 saturated heterocycles. The van der Waals surface area contributed by atoms with E-state index in [1.807, 2.05) is 0 Å². The topological polar surface area (TPSA) is 9.23 Å². The first kappa shape index (κ1) is 18.3. The fraction of sp³-hybridized carbons (Fsp3) is 1.00. The van der Waals surface area contributed by atoms with Crippen LogP contribution >= 0.6 is 0 Å². The molecule has 2 saturated carbocycles. The van der Waals surface area contributed by atoms with Gasteiger partial charge in [-0.05, 0) is 75.0 Å². The Kier molecular flexibility index (Phi) is 8.28. The van der Waals surface area contributed by atoms with Gasteiger partial charge in [0, 0.05) is 6.61 Å². The molecule has 2 aliphatic carbocycles. The molecule has 1 heteroatoms. The Bertz CT molecular complexity index is 266. The summed E-state index contributed by atoms with van der Waals surface area (Å²) in [7, 11) is 0. The van der Waals surface area contributed by atoms with Crippen molar-refractivity contribution in [2.24, 2.45) is 23.7 Å². The predicted molar refractivity (Wildman–Crippen MR) is 96.1 cm³/mol. The van der Waals surface area contributed by atoms with E-state index in [9.17, 15) is 0 Å². The van der Waals surface area contributed by atoms with Crippen LogP contribution in [0, 0.1) is 23.7 Å². The van der Waals surface area contributed by atoms with Crippen LogP contribution in [-0.4, -0.2) is 12.7 Å². The van der Waals surface area contributed by atoms with Gasteiger partial charge < -0.3 is 4.74 Å². The molecular weight excluding hydrogens is 268 g/mol. The molecular formula is C21H40O. The summed E-state index contributed by atoms with van der Waals surface area (Å²) in [6, 6.07) is 0. The Morgan fingerprint density at radius 1 is 0.773 bits per heavy atom. The third-order valence-corrected chi connectivity index (χ3v) is 6.41. The summed E-state index contributed by atoms with van der Waals surface area (Å²) in [6.07, 6.45) is 17.4. The van der Waals surface area contributed by atoms with Gasteiger partial charge in [0.2, 0.25) is 0 Å². The molecule has 130 valence electrons. The van der Waals surface area contributed by atoms with Crippen molar-refractivity contribution >= 4 is 0 Å². The average Bonchev–Trinajstić information content (AvgIpc) is 2.54. The second-order valence-corrected chi connectivity index (χ2v) is 8.33. The monoisotopic (exact) mass is 308 g/mol. The van der Waals surface area contributed by atoms with Crippen LogP contribution in [0.25, 0.3) is 0 Å². The molecule has 0 aromatic rings. The molecule has 22 heavy (non-hydrogen) atoms. The summed E-state index contributed by atoms with van der Waals surface area (Å²) >= 11 is 0. The van der Waals surface area contributed by atoms with E-state index in [-0.39, 0.29) is 0 Å². The summed E-state index contributed by atoms with van der Waals surface area (Å²) in [4.78, 5) is 0. The number of rotatable bonds is 8. The molecule has 0 radical (unpaired) electrons. The smallest absolute Gasteiger partial charge is 0.0575 e. The van der Waals surface area contributed by atoms with E-state index < -0.39 is 0 Å². The number of hydrogen-bond acceptors (Lipinski definition) is 1. The van der Waals surface area contributed by atoms with Crippen LogP contribution in [0.4, 0.5) is 0 Å². The molecule has 1 nitrogen and oxygen atoms in total. The van der Waals surface area contributed by atoms with Gasteiger partial charge in [-0.15, -0.1) is 0 Å². The molecule has 0 spiro atoms. The molecule has 0 N–H and O–H groups in total. The molecule has 2 fully saturated rings. The minimum absolute atomic E-state index is 0.535. The quantitative estimate of drug-likeness (QED) is 0.490. The second kappa shape index (κ2) is 9.96. The molecule has 0 atom stereocenters. The lowest BCUT2D eigenvalue weighted by atomic mass is 9.69. The van der Waals surface area contributed by atoms with Gasteiger partial charge in [0.1, 0.15) is 0 Å². The summed E-state index contributed by atoms with van der Waals surface area (Å²) in [6.45, 7) is 8.04. The van der Waals surface area contributed by atoms with Gasteiger partial charge in [0.15, 0.2) is 0 Å². The van der Waals surface area contributed by atoms with Crippen molar-refractivity contribution in [1.82, 2.24) is 0 Å². The standard InChI is InChI=1S/C21H40O/c1-4-6-21(7-5-2)22-16-18-10-14-20(15-11-18)19-12-8-17(3)9-13-19/h17-21H,4-16H2,1-3H3. The summed E-state index contributed by atoms with van der Waals surface area (Å²) in [5.74, 6) is 3.96. The SMILES string of the molecule is CCCC(CCC)OCC1CCC(C2CCC(C)CC2)CC1. The van der Waals surface area contributed by atoms with Crippen LogP contribution in [0.3, 0.4) is 0 Å². The zero-order chi connectivity index (χ0) is 15.8. The highest BCUT2D eigenvalue weighted by Gasteiger charge is 2.30. The van der Waals surface area contributed by atoms with Crippen LogP contribution < -0.4 is 0 Å². The lowest BCUT2D eigenvalue weighted by molar-refractivity contribution is 0.00366. The molecule has 0 unspecified atom stereocenters. The summed E-state index contributed by atoms with van der Waals surface area (Å²) < 4.78 is 6.26.